The molecule has 0 aliphatic rings. The zero-order chi connectivity index (χ0) is 43.4. The summed E-state index contributed by atoms with van der Waals surface area (Å²) in [5, 5.41) is 44.0. The minimum Gasteiger partial charge on any atom is -0.481 e. The van der Waals surface area contributed by atoms with Crippen LogP contribution in [0.25, 0.3) is 0 Å². The second-order valence-corrected chi connectivity index (χ2v) is 14.7. The Morgan fingerprint density at radius 3 is 1.81 bits per heavy atom. The molecule has 0 spiro atoms. The Balaban J connectivity index is 2.38. The normalized spacial score (nSPS) is 15.1. The Labute approximate surface area is 340 Å². The molecule has 2 aromatic rings. The van der Waals surface area contributed by atoms with E-state index in [1.165, 1.54) is 31.2 Å². The van der Waals surface area contributed by atoms with Crippen LogP contribution in [0.1, 0.15) is 57.7 Å². The molecule has 320 valence electrons. The number of aliphatic hydroxyl groups excluding tert-OH is 1. The molecule has 8 atom stereocenters. The van der Waals surface area contributed by atoms with Crippen molar-refractivity contribution in [2.75, 3.05) is 18.6 Å². The summed E-state index contributed by atoms with van der Waals surface area (Å²) in [7, 11) is 0. The lowest BCUT2D eigenvalue weighted by atomic mass is 9.97. The number of nitrogens with zero attached hydrogens (tertiary/aromatic N) is 1. The molecule has 0 bridgehead atoms. The monoisotopic (exact) mass is 833 g/mol. The molecular formula is C37H55N9O11S. The quantitative estimate of drug-likeness (QED) is 0.0498. The van der Waals surface area contributed by atoms with E-state index in [-0.39, 0.29) is 25.7 Å². The van der Waals surface area contributed by atoms with Crippen LogP contribution < -0.4 is 37.6 Å². The van der Waals surface area contributed by atoms with Crippen LogP contribution in [0, 0.1) is 5.92 Å². The van der Waals surface area contributed by atoms with Gasteiger partial charge in [0.1, 0.15) is 36.3 Å². The van der Waals surface area contributed by atoms with Gasteiger partial charge in [0.25, 0.3) is 0 Å². The topological polar surface area (TPSA) is 324 Å². The molecule has 6 amide bonds. The molecule has 1 aromatic heterocycles. The number of aliphatic hydroxyl groups is 1. The minimum atomic E-state index is -1.64. The van der Waals surface area contributed by atoms with Gasteiger partial charge in [-0.05, 0) is 43.3 Å². The summed E-state index contributed by atoms with van der Waals surface area (Å²) in [6, 6.07) is -0.850. The third kappa shape index (κ3) is 16.5. The van der Waals surface area contributed by atoms with Crippen molar-refractivity contribution in [3.05, 3.63) is 54.1 Å². The van der Waals surface area contributed by atoms with Crippen LogP contribution in [-0.2, 0) is 51.2 Å². The first kappa shape index (κ1) is 48.6. The van der Waals surface area contributed by atoms with Gasteiger partial charge in [0.05, 0.1) is 19.0 Å². The van der Waals surface area contributed by atoms with Crippen LogP contribution in [0.5, 0.6) is 0 Å². The van der Waals surface area contributed by atoms with E-state index >= 15 is 0 Å². The fraction of sp³-hybridized carbons (Fsp3) is 0.541. The van der Waals surface area contributed by atoms with Gasteiger partial charge >= 0.3 is 11.9 Å². The van der Waals surface area contributed by atoms with Crippen LogP contribution in [-0.4, -0.2) is 134 Å². The van der Waals surface area contributed by atoms with E-state index in [4.69, 9.17) is 5.73 Å². The molecule has 0 aliphatic carbocycles. The number of imidazole rings is 1. The number of thioether (sulfide) groups is 1. The lowest BCUT2D eigenvalue weighted by molar-refractivity contribution is -0.142. The number of aromatic amines is 1. The van der Waals surface area contributed by atoms with Crippen LogP contribution in [0.15, 0.2) is 42.9 Å². The number of carboxylic acid groups (broad SMARTS) is 2. The number of aromatic nitrogens is 2. The molecule has 0 radical (unpaired) electrons. The zero-order valence-corrected chi connectivity index (χ0v) is 33.7. The SMILES string of the molecule is CC[C@H](C)[C@H](NC(=O)[C@H](CO)NC(=O)[C@H](Cc1cnc[nH]1)NC(=O)[C@H](Cc1ccccc1)NC(=O)[C@H](CCC(=O)O)NC(=O)[C@H](C)N)C(=O)N[C@@H](CCSC)C(=O)O. The van der Waals surface area contributed by atoms with E-state index in [0.29, 0.717) is 23.4 Å². The fourth-order valence-electron chi connectivity index (χ4n) is 5.45. The van der Waals surface area contributed by atoms with Crippen LogP contribution in [0.2, 0.25) is 0 Å². The second-order valence-electron chi connectivity index (χ2n) is 13.7. The van der Waals surface area contributed by atoms with Crippen molar-refractivity contribution in [1.29, 1.82) is 0 Å². The van der Waals surface area contributed by atoms with Crippen LogP contribution in [0.4, 0.5) is 0 Å². The predicted octanol–water partition coefficient (Wildman–Crippen LogP) is -1.81. The number of aliphatic carboxylic acids is 2. The summed E-state index contributed by atoms with van der Waals surface area (Å²) >= 11 is 1.40. The van der Waals surface area contributed by atoms with Gasteiger partial charge < -0.3 is 57.9 Å². The molecule has 0 saturated heterocycles. The van der Waals surface area contributed by atoms with Gasteiger partial charge in [-0.15, -0.1) is 0 Å². The van der Waals surface area contributed by atoms with Crippen molar-refractivity contribution in [1.82, 2.24) is 41.9 Å². The second kappa shape index (κ2) is 25.0. The number of hydrogen-bond acceptors (Lipinski definition) is 12. The largest absolute Gasteiger partial charge is 0.481 e. The Morgan fingerprint density at radius 2 is 1.29 bits per heavy atom. The summed E-state index contributed by atoms with van der Waals surface area (Å²) in [6.07, 6.45) is 3.90. The predicted molar refractivity (Wildman–Crippen MR) is 212 cm³/mol. The van der Waals surface area contributed by atoms with Gasteiger partial charge in [-0.3, -0.25) is 33.6 Å². The average molecular weight is 834 g/mol. The number of benzene rings is 1. The first-order valence-corrected chi connectivity index (χ1v) is 20.0. The molecule has 20 nitrogen and oxygen atoms in total. The molecule has 0 saturated carbocycles. The number of rotatable bonds is 26. The van der Waals surface area contributed by atoms with Crippen LogP contribution >= 0.6 is 11.8 Å². The minimum absolute atomic E-state index is 0.107. The van der Waals surface area contributed by atoms with Gasteiger partial charge in [-0.1, -0.05) is 50.6 Å². The highest BCUT2D eigenvalue weighted by Crippen LogP contribution is 2.12. The van der Waals surface area contributed by atoms with Gasteiger partial charge in [0.2, 0.25) is 35.4 Å². The summed E-state index contributed by atoms with van der Waals surface area (Å²) in [4.78, 5) is 110. The van der Waals surface area contributed by atoms with E-state index in [2.05, 4.69) is 41.9 Å². The van der Waals surface area contributed by atoms with E-state index in [0.717, 1.165) is 0 Å². The maximum atomic E-state index is 14.0. The van der Waals surface area contributed by atoms with E-state index in [9.17, 15) is 53.7 Å². The van der Waals surface area contributed by atoms with Crippen molar-refractivity contribution >= 4 is 59.1 Å². The van der Waals surface area contributed by atoms with Crippen molar-refractivity contribution in [2.45, 2.75) is 102 Å². The summed E-state index contributed by atoms with van der Waals surface area (Å²) < 4.78 is 0. The van der Waals surface area contributed by atoms with E-state index in [1.54, 1.807) is 50.4 Å². The number of nitrogens with two attached hydrogens (primary N) is 1. The molecular weight excluding hydrogens is 779 g/mol. The zero-order valence-electron chi connectivity index (χ0n) is 32.9. The van der Waals surface area contributed by atoms with E-state index < -0.39 is 109 Å². The smallest absolute Gasteiger partial charge is 0.326 e. The third-order valence-corrected chi connectivity index (χ3v) is 9.70. The molecule has 2 rings (SSSR count). The van der Waals surface area contributed by atoms with Crippen molar-refractivity contribution in [3.63, 3.8) is 0 Å². The molecule has 0 unspecified atom stereocenters. The van der Waals surface area contributed by atoms with E-state index in [1.807, 2.05) is 0 Å². The van der Waals surface area contributed by atoms with Gasteiger partial charge in [-0.2, -0.15) is 11.8 Å². The first-order chi connectivity index (χ1) is 27.5. The Hall–Kier alpha value is -5.54. The number of carbonyl (C=O) groups excluding carboxylic acids is 6. The summed E-state index contributed by atoms with van der Waals surface area (Å²) in [5.41, 5.74) is 6.62. The molecule has 1 aromatic carbocycles. The van der Waals surface area contributed by atoms with Crippen LogP contribution in [0.3, 0.4) is 0 Å². The van der Waals surface area contributed by atoms with Gasteiger partial charge in [0.15, 0.2) is 0 Å². The van der Waals surface area contributed by atoms with Gasteiger partial charge in [-0.25, -0.2) is 9.78 Å². The molecule has 12 N–H and O–H groups in total. The summed E-state index contributed by atoms with van der Waals surface area (Å²) in [6.45, 7) is 3.86. The number of nitrogens with one attached hydrogen (secondary N) is 7. The highest BCUT2D eigenvalue weighted by molar-refractivity contribution is 7.98. The molecule has 0 fully saturated rings. The Bertz CT molecular complexity index is 1680. The Morgan fingerprint density at radius 1 is 0.741 bits per heavy atom. The molecule has 1 heterocycles. The average Bonchev–Trinajstić information content (AvgIpc) is 3.71. The number of H-pyrrole nitrogens is 1. The number of carboxylic acids is 2. The highest BCUT2D eigenvalue weighted by Gasteiger charge is 2.35. The maximum Gasteiger partial charge on any atom is 0.326 e. The third-order valence-electron chi connectivity index (χ3n) is 9.05. The standard InChI is InChI=1S/C37H55N9O11S/c1-5-20(2)30(36(55)42-25(37(56)57)13-14-58-4)46-35(54)28(18-47)45-34(53)27(16-23-17-39-19-40-23)44-33(52)26(15-22-9-7-6-8-10-22)43-32(51)24(11-12-29(48)49)41-31(50)21(3)38/h6-10,17,19-21,24-28,30,47H,5,11-16,18,38H2,1-4H3,(H,39,40)(H,41,50)(H,42,55)(H,43,51)(H,44,52)(H,45,53)(H,46,54)(H,48,49)(H,56,57)/t20-,21-,24-,25-,26-,27-,28-,30-/m0/s1. The Kier molecular flexibility index (Phi) is 20.9. The highest BCUT2D eigenvalue weighted by atomic mass is 32.2. The lowest BCUT2D eigenvalue weighted by Crippen LogP contribution is -2.61. The summed E-state index contributed by atoms with van der Waals surface area (Å²) in [5.74, 6) is -7.71. The van der Waals surface area contributed by atoms with Gasteiger partial charge in [0, 0.05) is 31.2 Å². The molecule has 58 heavy (non-hydrogen) atoms. The van der Waals surface area contributed by atoms with Crippen molar-refractivity contribution in [2.24, 2.45) is 11.7 Å². The van der Waals surface area contributed by atoms with Crippen molar-refractivity contribution < 1.29 is 53.7 Å². The van der Waals surface area contributed by atoms with Crippen molar-refractivity contribution in [3.8, 4) is 0 Å². The molecule has 21 heteroatoms. The lowest BCUT2D eigenvalue weighted by Gasteiger charge is -2.28. The number of amides is 6. The first-order valence-electron chi connectivity index (χ1n) is 18.6. The fourth-order valence-corrected chi connectivity index (χ4v) is 5.92. The number of carbonyl (C=O) groups is 8. The maximum absolute atomic E-state index is 14.0. The molecule has 0 aliphatic heterocycles. The number of hydrogen-bond donors (Lipinski definition) is 11.